The zero-order valence-corrected chi connectivity index (χ0v) is 10.8. The number of benzene rings is 1. The third-order valence-corrected chi connectivity index (χ3v) is 2.24. The third kappa shape index (κ3) is 4.76. The molecule has 1 N–H and O–H groups in total. The molecule has 76 valence electrons. The van der Waals surface area contributed by atoms with Gasteiger partial charge in [0.1, 0.15) is 0 Å². The summed E-state index contributed by atoms with van der Waals surface area (Å²) < 4.78 is 31.3. The average molecular weight is 238 g/mol. The summed E-state index contributed by atoms with van der Waals surface area (Å²) in [6.45, 7) is 0. The summed E-state index contributed by atoms with van der Waals surface area (Å²) in [6.07, 6.45) is 0. The smallest absolute Gasteiger partial charge is 0.748 e. The second-order valence-electron chi connectivity index (χ2n) is 2.66. The molecule has 0 aliphatic heterocycles. The third-order valence-electron chi connectivity index (χ3n) is 1.58. The van der Waals surface area contributed by atoms with Crippen LogP contribution in [0.1, 0.15) is 15.9 Å². The monoisotopic (exact) mass is 238 g/mol. The van der Waals surface area contributed by atoms with Gasteiger partial charge in [-0.1, -0.05) is 18.2 Å². The molecule has 0 saturated heterocycles. The van der Waals surface area contributed by atoms with Crippen molar-refractivity contribution in [3.05, 3.63) is 35.4 Å². The molecule has 0 heterocycles. The van der Waals surface area contributed by atoms with Crippen LogP contribution in [0, 0.1) is 0 Å². The van der Waals surface area contributed by atoms with Crippen LogP contribution in [-0.4, -0.2) is 24.0 Å². The molecular formula is C8H7NaO5S. The molecule has 5 nitrogen and oxygen atoms in total. The minimum atomic E-state index is -4.45. The van der Waals surface area contributed by atoms with Gasteiger partial charge in [-0.25, -0.2) is 13.2 Å². The summed E-state index contributed by atoms with van der Waals surface area (Å²) in [5.74, 6) is -2.04. The maximum absolute atomic E-state index is 10.6. The van der Waals surface area contributed by atoms with Crippen molar-refractivity contribution in [3.8, 4) is 0 Å². The van der Waals surface area contributed by atoms with Gasteiger partial charge in [0.15, 0.2) is 0 Å². The van der Waals surface area contributed by atoms with E-state index in [2.05, 4.69) is 0 Å². The van der Waals surface area contributed by atoms with Gasteiger partial charge in [0.05, 0.1) is 21.4 Å². The van der Waals surface area contributed by atoms with E-state index in [1.165, 1.54) is 24.3 Å². The maximum atomic E-state index is 10.6. The van der Waals surface area contributed by atoms with Crippen LogP contribution in [0.15, 0.2) is 24.3 Å². The number of carboxylic acids is 1. The van der Waals surface area contributed by atoms with E-state index in [9.17, 15) is 17.8 Å². The van der Waals surface area contributed by atoms with Gasteiger partial charge >= 0.3 is 35.5 Å². The molecule has 0 unspecified atom stereocenters. The molecule has 0 spiro atoms. The molecule has 0 aromatic heterocycles. The molecule has 7 heteroatoms. The molecule has 0 radical (unpaired) electrons. The van der Waals surface area contributed by atoms with E-state index in [1.54, 1.807) is 0 Å². The first-order valence-corrected chi connectivity index (χ1v) is 5.22. The molecular weight excluding hydrogens is 231 g/mol. The number of hydrogen-bond acceptors (Lipinski definition) is 4. The molecule has 15 heavy (non-hydrogen) atoms. The predicted octanol–water partition coefficient (Wildman–Crippen LogP) is -2.57. The Bertz CT molecular complexity index is 454. The summed E-state index contributed by atoms with van der Waals surface area (Å²) in [7, 11) is -4.45. The molecule has 0 bridgehead atoms. The molecule has 1 aromatic rings. The Morgan fingerprint density at radius 3 is 2.33 bits per heavy atom. The summed E-state index contributed by atoms with van der Waals surface area (Å²) >= 11 is 0. The molecule has 0 aliphatic rings. The van der Waals surface area contributed by atoms with Crippen LogP contribution in [0.4, 0.5) is 0 Å². The molecule has 0 fully saturated rings. The second kappa shape index (κ2) is 5.62. The number of carbonyl (C=O) groups is 1. The predicted molar refractivity (Wildman–Crippen MR) is 46.8 cm³/mol. The Morgan fingerprint density at radius 2 is 1.87 bits per heavy atom. The van der Waals surface area contributed by atoms with Crippen molar-refractivity contribution in [2.45, 2.75) is 5.75 Å². The van der Waals surface area contributed by atoms with Crippen LogP contribution in [0.3, 0.4) is 0 Å². The SMILES string of the molecule is O=C(O)c1ccccc1CS(=O)(=O)[O-].[Na+]. The largest absolute Gasteiger partial charge is 1.00 e. The topological polar surface area (TPSA) is 94.5 Å². The van der Waals surface area contributed by atoms with Crippen molar-refractivity contribution in [2.24, 2.45) is 0 Å². The van der Waals surface area contributed by atoms with E-state index in [-0.39, 0.29) is 40.7 Å². The van der Waals surface area contributed by atoms with Gasteiger partial charge in [-0.2, -0.15) is 0 Å². The van der Waals surface area contributed by atoms with E-state index < -0.39 is 21.8 Å². The van der Waals surface area contributed by atoms with Crippen molar-refractivity contribution in [2.75, 3.05) is 0 Å². The van der Waals surface area contributed by atoms with Crippen LogP contribution in [-0.2, 0) is 15.9 Å². The fourth-order valence-corrected chi connectivity index (χ4v) is 1.68. The number of rotatable bonds is 3. The van der Waals surface area contributed by atoms with Crippen molar-refractivity contribution < 1.29 is 52.4 Å². The van der Waals surface area contributed by atoms with Crippen molar-refractivity contribution in [1.82, 2.24) is 0 Å². The van der Waals surface area contributed by atoms with Crippen LogP contribution in [0.5, 0.6) is 0 Å². The molecule has 0 atom stereocenters. The van der Waals surface area contributed by atoms with Gasteiger partial charge in [-0.05, 0) is 11.6 Å². The maximum Gasteiger partial charge on any atom is 1.00 e. The number of hydrogen-bond donors (Lipinski definition) is 1. The van der Waals surface area contributed by atoms with Crippen molar-refractivity contribution >= 4 is 16.1 Å². The molecule has 0 amide bonds. The summed E-state index contributed by atoms with van der Waals surface area (Å²) in [5.41, 5.74) is -0.151. The van der Waals surface area contributed by atoms with E-state index >= 15 is 0 Å². The average Bonchev–Trinajstić information content (AvgIpc) is 2.01. The van der Waals surface area contributed by atoms with E-state index in [0.29, 0.717) is 0 Å². The van der Waals surface area contributed by atoms with Gasteiger partial charge in [-0.15, -0.1) is 0 Å². The van der Waals surface area contributed by atoms with Crippen LogP contribution in [0.2, 0.25) is 0 Å². The Morgan fingerprint density at radius 1 is 1.33 bits per heavy atom. The Labute approximate surface area is 109 Å². The second-order valence-corrected chi connectivity index (χ2v) is 4.07. The van der Waals surface area contributed by atoms with Crippen LogP contribution >= 0.6 is 0 Å². The Hall–Kier alpha value is -0.400. The molecule has 0 aliphatic carbocycles. The molecule has 0 saturated carbocycles. The number of carboxylic acid groups (broad SMARTS) is 1. The zero-order valence-electron chi connectivity index (χ0n) is 8.00. The Balaban J connectivity index is 0.00000196. The quantitative estimate of drug-likeness (QED) is 0.461. The summed E-state index contributed by atoms with van der Waals surface area (Å²) in [5, 5.41) is 8.67. The Kier molecular flexibility index (Phi) is 5.47. The van der Waals surface area contributed by atoms with Gasteiger partial charge in [0, 0.05) is 0 Å². The summed E-state index contributed by atoms with van der Waals surface area (Å²) in [4.78, 5) is 10.6. The zero-order chi connectivity index (χ0) is 10.8. The standard InChI is InChI=1S/C8H8O5S.Na/c9-8(10)7-4-2-1-3-6(7)5-14(11,12)13;/h1-4H,5H2,(H,9,10)(H,11,12,13);/q;+1/p-1. The first kappa shape index (κ1) is 14.6. The van der Waals surface area contributed by atoms with Gasteiger partial charge in [0.25, 0.3) is 0 Å². The minimum Gasteiger partial charge on any atom is -0.748 e. The van der Waals surface area contributed by atoms with Gasteiger partial charge in [0.2, 0.25) is 0 Å². The van der Waals surface area contributed by atoms with Crippen molar-refractivity contribution in [3.63, 3.8) is 0 Å². The normalized spacial score (nSPS) is 10.5. The van der Waals surface area contributed by atoms with E-state index in [1.807, 2.05) is 0 Å². The van der Waals surface area contributed by atoms with Gasteiger partial charge in [-0.3, -0.25) is 0 Å². The first-order chi connectivity index (χ1) is 6.40. The van der Waals surface area contributed by atoms with Crippen LogP contribution in [0.25, 0.3) is 0 Å². The van der Waals surface area contributed by atoms with Crippen molar-refractivity contribution in [1.29, 1.82) is 0 Å². The number of aromatic carboxylic acids is 1. The molecule has 1 rings (SSSR count). The fraction of sp³-hybridized carbons (Fsp3) is 0.125. The van der Waals surface area contributed by atoms with Gasteiger partial charge < -0.3 is 9.66 Å². The molecule has 1 aromatic carbocycles. The van der Waals surface area contributed by atoms with E-state index in [0.717, 1.165) is 0 Å². The van der Waals surface area contributed by atoms with Crippen LogP contribution < -0.4 is 29.6 Å². The summed E-state index contributed by atoms with van der Waals surface area (Å²) in [6, 6.07) is 5.50. The first-order valence-electron chi connectivity index (χ1n) is 3.65. The fourth-order valence-electron chi connectivity index (χ4n) is 1.05. The minimum absolute atomic E-state index is 0. The van der Waals surface area contributed by atoms with E-state index in [4.69, 9.17) is 5.11 Å².